The van der Waals surface area contributed by atoms with Crippen molar-refractivity contribution in [2.75, 3.05) is 0 Å². The number of hydrogen-bond acceptors (Lipinski definition) is 1. The van der Waals surface area contributed by atoms with E-state index in [0.29, 0.717) is 15.1 Å². The van der Waals surface area contributed by atoms with Gasteiger partial charge in [-0.2, -0.15) is 0 Å². The van der Waals surface area contributed by atoms with Crippen LogP contribution in [0, 0.1) is 0 Å². The van der Waals surface area contributed by atoms with Gasteiger partial charge in [0.2, 0.25) is 0 Å². The van der Waals surface area contributed by atoms with Gasteiger partial charge in [0.25, 0.3) is 0 Å². The van der Waals surface area contributed by atoms with Gasteiger partial charge in [-0.15, -0.1) is 0 Å². The molecule has 24 heavy (non-hydrogen) atoms. The summed E-state index contributed by atoms with van der Waals surface area (Å²) in [5.74, 6) is 1.72. The van der Waals surface area contributed by atoms with Gasteiger partial charge in [-0.05, 0) is 55.2 Å². The lowest BCUT2D eigenvalue weighted by molar-refractivity contribution is 0.264. The monoisotopic (exact) mass is 378 g/mol. The molecule has 1 heterocycles. The summed E-state index contributed by atoms with van der Waals surface area (Å²) >= 11 is 18.7. The molecule has 4 rings (SSSR count). The SMILES string of the molecule is CCC1=C(c2ccc(Cl)cc2Cl)Oc2cc(Cl)ccc2C12CCC2. The molecule has 1 fully saturated rings. The van der Waals surface area contributed by atoms with E-state index in [0.717, 1.165) is 36.3 Å². The summed E-state index contributed by atoms with van der Waals surface area (Å²) in [6, 6.07) is 11.5. The second-order valence-corrected chi connectivity index (χ2v) is 7.74. The molecule has 2 aromatic carbocycles. The Morgan fingerprint density at radius 3 is 2.33 bits per heavy atom. The van der Waals surface area contributed by atoms with Gasteiger partial charge in [0.15, 0.2) is 0 Å². The van der Waals surface area contributed by atoms with E-state index in [1.807, 2.05) is 24.3 Å². The smallest absolute Gasteiger partial charge is 0.136 e. The van der Waals surface area contributed by atoms with E-state index in [9.17, 15) is 0 Å². The Kier molecular flexibility index (Phi) is 4.07. The Morgan fingerprint density at radius 1 is 1.00 bits per heavy atom. The largest absolute Gasteiger partial charge is 0.456 e. The number of rotatable bonds is 2. The zero-order chi connectivity index (χ0) is 16.9. The molecule has 124 valence electrons. The van der Waals surface area contributed by atoms with Crippen LogP contribution in [0.2, 0.25) is 15.1 Å². The van der Waals surface area contributed by atoms with Gasteiger partial charge < -0.3 is 4.74 Å². The van der Waals surface area contributed by atoms with Crippen molar-refractivity contribution in [1.29, 1.82) is 0 Å². The molecule has 0 saturated heterocycles. The number of allylic oxidation sites excluding steroid dienone is 1. The number of hydrogen-bond donors (Lipinski definition) is 0. The minimum absolute atomic E-state index is 0.0607. The molecule has 1 spiro atoms. The summed E-state index contributed by atoms with van der Waals surface area (Å²) in [7, 11) is 0. The predicted molar refractivity (Wildman–Crippen MR) is 101 cm³/mol. The number of benzene rings is 2. The summed E-state index contributed by atoms with van der Waals surface area (Å²) < 4.78 is 6.32. The van der Waals surface area contributed by atoms with Gasteiger partial charge in [0.1, 0.15) is 11.5 Å². The number of ether oxygens (including phenoxy) is 1. The summed E-state index contributed by atoms with van der Waals surface area (Å²) in [5, 5.41) is 1.92. The topological polar surface area (TPSA) is 9.23 Å². The Hall–Kier alpha value is -1.15. The van der Waals surface area contributed by atoms with E-state index in [1.54, 1.807) is 6.07 Å². The first-order valence-corrected chi connectivity index (χ1v) is 9.35. The van der Waals surface area contributed by atoms with E-state index < -0.39 is 0 Å². The molecule has 0 N–H and O–H groups in total. The Morgan fingerprint density at radius 2 is 1.71 bits per heavy atom. The molecule has 0 radical (unpaired) electrons. The lowest BCUT2D eigenvalue weighted by atomic mass is 9.58. The minimum Gasteiger partial charge on any atom is -0.456 e. The molecule has 4 heteroatoms. The Labute approximate surface area is 157 Å². The van der Waals surface area contributed by atoms with Gasteiger partial charge >= 0.3 is 0 Å². The predicted octanol–water partition coefficient (Wildman–Crippen LogP) is 7.28. The molecule has 1 aliphatic heterocycles. The number of halogens is 3. The maximum Gasteiger partial charge on any atom is 0.136 e. The summed E-state index contributed by atoms with van der Waals surface area (Å²) in [6.07, 6.45) is 4.44. The standard InChI is InChI=1S/C20H17Cl3O/c1-2-15-19(14-6-4-12(21)10-17(14)23)24-18-11-13(22)5-7-16(18)20(15)8-3-9-20/h4-7,10-11H,2-3,8-9H2,1H3. The fourth-order valence-corrected chi connectivity index (χ4v) is 4.68. The zero-order valence-electron chi connectivity index (χ0n) is 13.3. The van der Waals surface area contributed by atoms with E-state index >= 15 is 0 Å². The third-order valence-corrected chi connectivity index (χ3v) is 6.04. The maximum absolute atomic E-state index is 6.47. The first kappa shape index (κ1) is 16.3. The lowest BCUT2D eigenvalue weighted by Crippen LogP contribution is -2.39. The minimum atomic E-state index is 0.0607. The van der Waals surface area contributed by atoms with Crippen LogP contribution in [0.4, 0.5) is 0 Å². The molecule has 1 aliphatic carbocycles. The Bertz CT molecular complexity index is 850. The first-order chi connectivity index (χ1) is 11.5. The highest BCUT2D eigenvalue weighted by atomic mass is 35.5. The van der Waals surface area contributed by atoms with Gasteiger partial charge in [-0.1, -0.05) is 54.2 Å². The quantitative estimate of drug-likeness (QED) is 0.532. The fourth-order valence-electron chi connectivity index (χ4n) is 4.02. The van der Waals surface area contributed by atoms with E-state index in [2.05, 4.69) is 13.0 Å². The van der Waals surface area contributed by atoms with Crippen LogP contribution in [0.3, 0.4) is 0 Å². The van der Waals surface area contributed by atoms with Crippen molar-refractivity contribution in [3.05, 3.63) is 68.2 Å². The summed E-state index contributed by atoms with van der Waals surface area (Å²) in [6.45, 7) is 2.18. The van der Waals surface area contributed by atoms with E-state index in [4.69, 9.17) is 39.5 Å². The molecular formula is C20H17Cl3O. The highest BCUT2D eigenvalue weighted by molar-refractivity contribution is 6.35. The normalized spacial score (nSPS) is 18.2. The van der Waals surface area contributed by atoms with Gasteiger partial charge in [-0.25, -0.2) is 0 Å². The number of fused-ring (bicyclic) bond motifs is 2. The molecule has 1 saturated carbocycles. The van der Waals surface area contributed by atoms with Crippen molar-refractivity contribution in [2.24, 2.45) is 0 Å². The molecule has 0 bridgehead atoms. The average Bonchev–Trinajstić information content (AvgIpc) is 2.51. The van der Waals surface area contributed by atoms with Crippen molar-refractivity contribution in [3.8, 4) is 5.75 Å². The fraction of sp³-hybridized carbons (Fsp3) is 0.300. The summed E-state index contributed by atoms with van der Waals surface area (Å²) in [5.41, 5.74) is 3.54. The molecule has 2 aromatic rings. The molecule has 0 unspecified atom stereocenters. The van der Waals surface area contributed by atoms with Crippen LogP contribution in [0.5, 0.6) is 5.75 Å². The van der Waals surface area contributed by atoms with Crippen molar-refractivity contribution in [2.45, 2.75) is 38.0 Å². The first-order valence-electron chi connectivity index (χ1n) is 8.22. The maximum atomic E-state index is 6.47. The molecule has 0 atom stereocenters. The average molecular weight is 380 g/mol. The van der Waals surface area contributed by atoms with Crippen molar-refractivity contribution in [3.63, 3.8) is 0 Å². The second-order valence-electron chi connectivity index (χ2n) is 6.46. The molecule has 0 amide bonds. The van der Waals surface area contributed by atoms with Crippen LogP contribution in [-0.4, -0.2) is 0 Å². The third kappa shape index (κ3) is 2.37. The Balaban J connectivity index is 1.95. The summed E-state index contributed by atoms with van der Waals surface area (Å²) in [4.78, 5) is 0. The van der Waals surface area contributed by atoms with Crippen molar-refractivity contribution in [1.82, 2.24) is 0 Å². The van der Waals surface area contributed by atoms with Gasteiger partial charge in [-0.3, -0.25) is 0 Å². The molecule has 2 aliphatic rings. The molecular weight excluding hydrogens is 363 g/mol. The van der Waals surface area contributed by atoms with Crippen LogP contribution in [0.1, 0.15) is 43.7 Å². The third-order valence-electron chi connectivity index (χ3n) is 5.26. The van der Waals surface area contributed by atoms with Crippen LogP contribution in [0.25, 0.3) is 5.76 Å². The van der Waals surface area contributed by atoms with Crippen molar-refractivity contribution < 1.29 is 4.74 Å². The van der Waals surface area contributed by atoms with Crippen LogP contribution >= 0.6 is 34.8 Å². The van der Waals surface area contributed by atoms with Crippen LogP contribution in [0.15, 0.2) is 42.0 Å². The van der Waals surface area contributed by atoms with E-state index in [-0.39, 0.29) is 5.41 Å². The molecule has 1 nitrogen and oxygen atoms in total. The second kappa shape index (κ2) is 5.98. The zero-order valence-corrected chi connectivity index (χ0v) is 15.6. The van der Waals surface area contributed by atoms with Crippen LogP contribution in [-0.2, 0) is 5.41 Å². The van der Waals surface area contributed by atoms with Gasteiger partial charge in [0, 0.05) is 26.6 Å². The molecule has 0 aromatic heterocycles. The van der Waals surface area contributed by atoms with Crippen molar-refractivity contribution >= 4 is 40.6 Å². The highest BCUT2D eigenvalue weighted by Gasteiger charge is 2.47. The van der Waals surface area contributed by atoms with Crippen LogP contribution < -0.4 is 4.74 Å². The van der Waals surface area contributed by atoms with E-state index in [1.165, 1.54) is 17.6 Å². The van der Waals surface area contributed by atoms with Gasteiger partial charge in [0.05, 0.1) is 5.02 Å². The highest BCUT2D eigenvalue weighted by Crippen LogP contribution is 2.58. The lowest BCUT2D eigenvalue weighted by Gasteiger charge is -2.48.